The third kappa shape index (κ3) is 2.36. The highest BCUT2D eigenvalue weighted by atomic mass is 16.5. The Labute approximate surface area is 100 Å². The highest BCUT2D eigenvalue weighted by Crippen LogP contribution is 2.13. The van der Waals surface area contributed by atoms with Crippen molar-refractivity contribution in [3.05, 3.63) is 30.5 Å². The van der Waals surface area contributed by atoms with Gasteiger partial charge in [0.05, 0.1) is 5.52 Å². The van der Waals surface area contributed by atoms with E-state index in [1.54, 1.807) is 6.20 Å². The van der Waals surface area contributed by atoms with E-state index in [2.05, 4.69) is 15.3 Å². The maximum absolute atomic E-state index is 5.61. The molecule has 2 aromatic rings. The summed E-state index contributed by atoms with van der Waals surface area (Å²) in [6, 6.07) is 8.84. The second kappa shape index (κ2) is 4.67. The number of rotatable bonds is 3. The molecule has 0 radical (unpaired) electrons. The molecule has 1 atom stereocenters. The Morgan fingerprint density at radius 3 is 3.18 bits per heavy atom. The zero-order valence-electron chi connectivity index (χ0n) is 9.60. The van der Waals surface area contributed by atoms with Crippen molar-refractivity contribution >= 4 is 10.9 Å². The van der Waals surface area contributed by atoms with E-state index in [0.717, 1.165) is 17.4 Å². The molecule has 3 rings (SSSR count). The van der Waals surface area contributed by atoms with Gasteiger partial charge < -0.3 is 10.1 Å². The van der Waals surface area contributed by atoms with Crippen LogP contribution in [0.1, 0.15) is 12.8 Å². The van der Waals surface area contributed by atoms with E-state index in [1.807, 2.05) is 24.3 Å². The molecule has 0 amide bonds. The summed E-state index contributed by atoms with van der Waals surface area (Å²) in [5, 5.41) is 4.42. The number of para-hydroxylation sites is 1. The van der Waals surface area contributed by atoms with E-state index >= 15 is 0 Å². The Hall–Kier alpha value is -1.68. The first kappa shape index (κ1) is 10.5. The number of hydrogen-bond donors (Lipinski definition) is 1. The van der Waals surface area contributed by atoms with Gasteiger partial charge in [0.1, 0.15) is 6.61 Å². The predicted molar refractivity (Wildman–Crippen MR) is 66.1 cm³/mol. The lowest BCUT2D eigenvalue weighted by molar-refractivity contribution is 0.258. The van der Waals surface area contributed by atoms with Crippen LogP contribution in [0.15, 0.2) is 30.5 Å². The Morgan fingerprint density at radius 2 is 2.29 bits per heavy atom. The van der Waals surface area contributed by atoms with Crippen LogP contribution < -0.4 is 10.1 Å². The minimum absolute atomic E-state index is 0.449. The van der Waals surface area contributed by atoms with Crippen molar-refractivity contribution in [1.82, 2.24) is 15.3 Å². The molecule has 4 heteroatoms. The zero-order chi connectivity index (χ0) is 11.5. The molecule has 0 spiro atoms. The van der Waals surface area contributed by atoms with Gasteiger partial charge >= 0.3 is 6.01 Å². The van der Waals surface area contributed by atoms with Crippen molar-refractivity contribution in [2.24, 2.45) is 0 Å². The summed E-state index contributed by atoms with van der Waals surface area (Å²) in [5.41, 5.74) is 0.928. The maximum Gasteiger partial charge on any atom is 0.316 e. The van der Waals surface area contributed by atoms with Gasteiger partial charge in [-0.1, -0.05) is 18.2 Å². The lowest BCUT2D eigenvalue weighted by Gasteiger charge is -2.10. The molecule has 1 aromatic heterocycles. The maximum atomic E-state index is 5.61. The molecule has 88 valence electrons. The van der Waals surface area contributed by atoms with Crippen molar-refractivity contribution in [3.63, 3.8) is 0 Å². The minimum atomic E-state index is 0.449. The molecule has 1 aromatic carbocycles. The van der Waals surface area contributed by atoms with Gasteiger partial charge in [0.25, 0.3) is 0 Å². The number of benzene rings is 1. The summed E-state index contributed by atoms with van der Waals surface area (Å²) in [4.78, 5) is 8.58. The summed E-state index contributed by atoms with van der Waals surface area (Å²) in [7, 11) is 0. The van der Waals surface area contributed by atoms with Crippen LogP contribution in [0.4, 0.5) is 0 Å². The van der Waals surface area contributed by atoms with Crippen molar-refractivity contribution in [2.75, 3.05) is 13.2 Å². The minimum Gasteiger partial charge on any atom is -0.462 e. The van der Waals surface area contributed by atoms with E-state index in [4.69, 9.17) is 4.74 Å². The SMILES string of the molecule is c1ccc2nc(OC[C@H]3CCCN3)ncc2c1. The van der Waals surface area contributed by atoms with E-state index in [1.165, 1.54) is 12.8 Å². The summed E-state index contributed by atoms with van der Waals surface area (Å²) < 4.78 is 5.61. The first-order valence-electron chi connectivity index (χ1n) is 6.00. The molecule has 4 nitrogen and oxygen atoms in total. The fraction of sp³-hybridized carbons (Fsp3) is 0.385. The summed E-state index contributed by atoms with van der Waals surface area (Å²) >= 11 is 0. The van der Waals surface area contributed by atoms with Crippen LogP contribution in [-0.4, -0.2) is 29.2 Å². The van der Waals surface area contributed by atoms with Gasteiger partial charge in [0.2, 0.25) is 0 Å². The normalized spacial score (nSPS) is 19.6. The fourth-order valence-electron chi connectivity index (χ4n) is 2.10. The highest BCUT2D eigenvalue weighted by Gasteiger charge is 2.14. The third-order valence-electron chi connectivity index (χ3n) is 3.04. The van der Waals surface area contributed by atoms with Crippen LogP contribution in [0.3, 0.4) is 0 Å². The summed E-state index contributed by atoms with van der Waals surface area (Å²) in [6.45, 7) is 1.74. The van der Waals surface area contributed by atoms with Gasteiger partial charge in [-0.15, -0.1) is 0 Å². The molecule has 1 N–H and O–H groups in total. The van der Waals surface area contributed by atoms with Crippen molar-refractivity contribution < 1.29 is 4.74 Å². The Bertz CT molecular complexity index is 509. The zero-order valence-corrected chi connectivity index (χ0v) is 9.60. The van der Waals surface area contributed by atoms with Crippen LogP contribution in [-0.2, 0) is 0 Å². The van der Waals surface area contributed by atoms with Gasteiger partial charge in [-0.2, -0.15) is 4.98 Å². The topological polar surface area (TPSA) is 47.0 Å². The number of ether oxygens (including phenoxy) is 1. The first-order valence-corrected chi connectivity index (χ1v) is 6.00. The number of nitrogens with zero attached hydrogens (tertiary/aromatic N) is 2. The molecule has 0 bridgehead atoms. The summed E-state index contributed by atoms with van der Waals surface area (Å²) in [6.07, 6.45) is 4.21. The molecule has 1 aliphatic heterocycles. The molecule has 1 saturated heterocycles. The van der Waals surface area contributed by atoms with Crippen molar-refractivity contribution in [2.45, 2.75) is 18.9 Å². The predicted octanol–water partition coefficient (Wildman–Crippen LogP) is 1.76. The van der Waals surface area contributed by atoms with Crippen molar-refractivity contribution in [1.29, 1.82) is 0 Å². The number of aromatic nitrogens is 2. The molecule has 1 fully saturated rings. The number of nitrogens with one attached hydrogen (secondary N) is 1. The monoisotopic (exact) mass is 229 g/mol. The van der Waals surface area contributed by atoms with Crippen LogP contribution in [0.2, 0.25) is 0 Å². The van der Waals surface area contributed by atoms with Crippen LogP contribution in [0, 0.1) is 0 Å². The Morgan fingerprint density at radius 1 is 1.35 bits per heavy atom. The molecule has 1 aliphatic rings. The largest absolute Gasteiger partial charge is 0.462 e. The van der Waals surface area contributed by atoms with E-state index in [9.17, 15) is 0 Å². The molecule has 0 saturated carbocycles. The smallest absolute Gasteiger partial charge is 0.316 e. The third-order valence-corrected chi connectivity index (χ3v) is 3.04. The molecule has 17 heavy (non-hydrogen) atoms. The van der Waals surface area contributed by atoms with E-state index in [-0.39, 0.29) is 0 Å². The lowest BCUT2D eigenvalue weighted by Crippen LogP contribution is -2.28. The Balaban J connectivity index is 1.72. The molecule has 0 aliphatic carbocycles. The second-order valence-electron chi connectivity index (χ2n) is 4.32. The number of fused-ring (bicyclic) bond motifs is 1. The average molecular weight is 229 g/mol. The fourth-order valence-corrected chi connectivity index (χ4v) is 2.10. The van der Waals surface area contributed by atoms with Crippen molar-refractivity contribution in [3.8, 4) is 6.01 Å². The van der Waals surface area contributed by atoms with E-state index < -0.39 is 0 Å². The molecular weight excluding hydrogens is 214 g/mol. The quantitative estimate of drug-likeness (QED) is 0.871. The van der Waals surface area contributed by atoms with Gasteiger partial charge in [-0.3, -0.25) is 0 Å². The van der Waals surface area contributed by atoms with Gasteiger partial charge in [-0.25, -0.2) is 4.98 Å². The molecule has 2 heterocycles. The van der Waals surface area contributed by atoms with E-state index in [0.29, 0.717) is 18.7 Å². The Kier molecular flexibility index (Phi) is 2.88. The standard InChI is InChI=1S/C13H15N3O/c1-2-6-12-10(4-1)8-15-13(16-12)17-9-11-5-3-7-14-11/h1-2,4,6,8,11,14H,3,5,7,9H2/t11-/m1/s1. The van der Waals surface area contributed by atoms with Gasteiger partial charge in [-0.05, 0) is 25.5 Å². The second-order valence-corrected chi connectivity index (χ2v) is 4.32. The van der Waals surface area contributed by atoms with Crippen LogP contribution in [0.25, 0.3) is 10.9 Å². The average Bonchev–Trinajstić information content (AvgIpc) is 2.89. The van der Waals surface area contributed by atoms with Gasteiger partial charge in [0, 0.05) is 17.6 Å². The first-order chi connectivity index (χ1) is 8.42. The lowest BCUT2D eigenvalue weighted by atomic mass is 10.2. The molecule has 0 unspecified atom stereocenters. The molecular formula is C13H15N3O. The number of hydrogen-bond acceptors (Lipinski definition) is 4. The van der Waals surface area contributed by atoms with Crippen LogP contribution in [0.5, 0.6) is 6.01 Å². The summed E-state index contributed by atoms with van der Waals surface area (Å²) in [5.74, 6) is 0. The highest BCUT2D eigenvalue weighted by molar-refractivity contribution is 5.77. The van der Waals surface area contributed by atoms with Gasteiger partial charge in [0.15, 0.2) is 0 Å². The van der Waals surface area contributed by atoms with Crippen LogP contribution >= 0.6 is 0 Å².